The predicted octanol–water partition coefficient (Wildman–Crippen LogP) is 2.82. The van der Waals surface area contributed by atoms with Crippen LogP contribution in [0.2, 0.25) is 0 Å². The Kier molecular flexibility index (Phi) is 6.02. The molecule has 2 rings (SSSR count). The summed E-state index contributed by atoms with van der Waals surface area (Å²) in [4.78, 5) is -0.0864. The van der Waals surface area contributed by atoms with Crippen LogP contribution in [0.1, 0.15) is 30.9 Å². The molecule has 3 N–H and O–H groups in total. The van der Waals surface area contributed by atoms with Gasteiger partial charge in [0.25, 0.3) is 0 Å². The Labute approximate surface area is 148 Å². The van der Waals surface area contributed by atoms with Crippen LogP contribution in [0.4, 0.5) is 5.69 Å². The Morgan fingerprint density at radius 3 is 2.60 bits per heavy atom. The summed E-state index contributed by atoms with van der Waals surface area (Å²) in [7, 11) is -3.83. The summed E-state index contributed by atoms with van der Waals surface area (Å²) in [5.74, 6) is 1.20. The van der Waals surface area contributed by atoms with Gasteiger partial charge < -0.3 is 10.1 Å². The number of nitrogens with one attached hydrogen (secondary N) is 1. The first-order valence-electron chi connectivity index (χ1n) is 7.85. The topological polar surface area (TPSA) is 105 Å². The number of hydrogen-bond acceptors (Lipinski definition) is 5. The molecule has 0 radical (unpaired) electrons. The van der Waals surface area contributed by atoms with E-state index < -0.39 is 10.0 Å². The SMILES string of the molecule is CC(C)c1ccccc1OCCNc1ccc(S(N)(=O)=O)cc1C#N. The predicted molar refractivity (Wildman–Crippen MR) is 97.0 cm³/mol. The van der Waals surface area contributed by atoms with E-state index in [-0.39, 0.29) is 10.5 Å². The Morgan fingerprint density at radius 1 is 1.24 bits per heavy atom. The highest BCUT2D eigenvalue weighted by Crippen LogP contribution is 2.25. The molecule has 2 aromatic rings. The smallest absolute Gasteiger partial charge is 0.238 e. The number of anilines is 1. The largest absolute Gasteiger partial charge is 0.491 e. The molecular formula is C18H21N3O3S. The van der Waals surface area contributed by atoms with Crippen LogP contribution in [-0.4, -0.2) is 21.6 Å². The number of nitriles is 1. The number of rotatable bonds is 7. The van der Waals surface area contributed by atoms with Crippen molar-refractivity contribution < 1.29 is 13.2 Å². The molecule has 0 bridgehead atoms. The van der Waals surface area contributed by atoms with Gasteiger partial charge in [0.1, 0.15) is 18.4 Å². The highest BCUT2D eigenvalue weighted by Gasteiger charge is 2.11. The van der Waals surface area contributed by atoms with Gasteiger partial charge in [-0.1, -0.05) is 32.0 Å². The summed E-state index contributed by atoms with van der Waals surface area (Å²) in [5, 5.41) is 17.3. The van der Waals surface area contributed by atoms with E-state index in [9.17, 15) is 13.7 Å². The number of benzene rings is 2. The van der Waals surface area contributed by atoms with Crippen LogP contribution in [0.5, 0.6) is 5.75 Å². The number of hydrogen-bond donors (Lipinski definition) is 2. The summed E-state index contributed by atoms with van der Waals surface area (Å²) in [6.07, 6.45) is 0. The van der Waals surface area contributed by atoms with E-state index in [1.807, 2.05) is 30.3 Å². The van der Waals surface area contributed by atoms with E-state index in [0.29, 0.717) is 24.8 Å². The fourth-order valence-electron chi connectivity index (χ4n) is 2.38. The maximum atomic E-state index is 11.3. The van der Waals surface area contributed by atoms with Gasteiger partial charge in [-0.25, -0.2) is 13.6 Å². The van der Waals surface area contributed by atoms with Crippen LogP contribution >= 0.6 is 0 Å². The molecule has 0 spiro atoms. The molecule has 0 aliphatic carbocycles. The molecule has 0 heterocycles. The minimum absolute atomic E-state index is 0.0864. The highest BCUT2D eigenvalue weighted by atomic mass is 32.2. The first-order valence-corrected chi connectivity index (χ1v) is 9.40. The third-order valence-corrected chi connectivity index (χ3v) is 4.57. The van der Waals surface area contributed by atoms with Gasteiger partial charge in [-0.3, -0.25) is 0 Å². The number of primary sulfonamides is 1. The molecule has 0 aliphatic heterocycles. The lowest BCUT2D eigenvalue weighted by Crippen LogP contribution is -2.15. The van der Waals surface area contributed by atoms with Crippen molar-refractivity contribution in [3.63, 3.8) is 0 Å². The molecule has 0 saturated carbocycles. The molecule has 0 fully saturated rings. The molecule has 6 nitrogen and oxygen atoms in total. The third-order valence-electron chi connectivity index (χ3n) is 3.66. The van der Waals surface area contributed by atoms with Crippen molar-refractivity contribution in [3.8, 4) is 11.8 Å². The van der Waals surface area contributed by atoms with Crippen LogP contribution in [-0.2, 0) is 10.0 Å². The van der Waals surface area contributed by atoms with E-state index in [0.717, 1.165) is 11.3 Å². The normalized spacial score (nSPS) is 11.2. The molecule has 0 aliphatic rings. The molecule has 0 saturated heterocycles. The van der Waals surface area contributed by atoms with Crippen LogP contribution in [0.25, 0.3) is 0 Å². The van der Waals surface area contributed by atoms with Gasteiger partial charge in [0.2, 0.25) is 10.0 Å². The lowest BCUT2D eigenvalue weighted by atomic mass is 10.0. The first-order chi connectivity index (χ1) is 11.8. The van der Waals surface area contributed by atoms with E-state index in [1.54, 1.807) is 0 Å². The standard InChI is InChI=1S/C18H21N3O3S/c1-13(2)16-5-3-4-6-18(16)24-10-9-21-17-8-7-15(25(20,22)23)11-14(17)12-19/h3-8,11,13,21H,9-10H2,1-2H3,(H2,20,22,23). The van der Waals surface area contributed by atoms with E-state index >= 15 is 0 Å². The molecule has 0 atom stereocenters. The van der Waals surface area contributed by atoms with Crippen LogP contribution in [0, 0.1) is 11.3 Å². The number of nitrogens with zero attached hydrogens (tertiary/aromatic N) is 1. The van der Waals surface area contributed by atoms with Gasteiger partial charge in [0, 0.05) is 6.54 Å². The molecule has 2 aromatic carbocycles. The third kappa shape index (κ3) is 4.95. The average molecular weight is 359 g/mol. The van der Waals surface area contributed by atoms with Crippen molar-refractivity contribution in [2.24, 2.45) is 5.14 Å². The van der Waals surface area contributed by atoms with Crippen molar-refractivity contribution in [2.75, 3.05) is 18.5 Å². The molecule has 0 unspecified atom stereocenters. The monoisotopic (exact) mass is 359 g/mol. The summed E-state index contributed by atoms with van der Waals surface area (Å²) < 4.78 is 28.5. The second-order valence-electron chi connectivity index (χ2n) is 5.83. The average Bonchev–Trinajstić information content (AvgIpc) is 2.58. The summed E-state index contributed by atoms with van der Waals surface area (Å²) >= 11 is 0. The van der Waals surface area contributed by atoms with Crippen molar-refractivity contribution in [1.82, 2.24) is 0 Å². The molecule has 132 valence electrons. The Hall–Kier alpha value is -2.56. The second-order valence-corrected chi connectivity index (χ2v) is 7.39. The number of para-hydroxylation sites is 1. The lowest BCUT2D eigenvalue weighted by Gasteiger charge is -2.15. The zero-order valence-electron chi connectivity index (χ0n) is 14.2. The maximum Gasteiger partial charge on any atom is 0.238 e. The minimum Gasteiger partial charge on any atom is -0.491 e. The van der Waals surface area contributed by atoms with Crippen LogP contribution in [0.3, 0.4) is 0 Å². The Morgan fingerprint density at radius 2 is 1.96 bits per heavy atom. The van der Waals surface area contributed by atoms with Gasteiger partial charge >= 0.3 is 0 Å². The number of ether oxygens (including phenoxy) is 1. The van der Waals surface area contributed by atoms with E-state index in [4.69, 9.17) is 9.88 Å². The molecule has 25 heavy (non-hydrogen) atoms. The van der Waals surface area contributed by atoms with E-state index in [2.05, 4.69) is 19.2 Å². The van der Waals surface area contributed by atoms with Crippen molar-refractivity contribution >= 4 is 15.7 Å². The fourth-order valence-corrected chi connectivity index (χ4v) is 2.92. The van der Waals surface area contributed by atoms with Crippen molar-refractivity contribution in [3.05, 3.63) is 53.6 Å². The Balaban J connectivity index is 2.00. The van der Waals surface area contributed by atoms with Gasteiger partial charge in [0.15, 0.2) is 0 Å². The van der Waals surface area contributed by atoms with Crippen molar-refractivity contribution in [2.45, 2.75) is 24.7 Å². The zero-order chi connectivity index (χ0) is 18.4. The number of sulfonamides is 1. The van der Waals surface area contributed by atoms with Crippen molar-refractivity contribution in [1.29, 1.82) is 5.26 Å². The fraction of sp³-hybridized carbons (Fsp3) is 0.278. The van der Waals surface area contributed by atoms with Gasteiger partial charge in [-0.05, 0) is 35.7 Å². The summed E-state index contributed by atoms with van der Waals surface area (Å²) in [5.41, 5.74) is 1.89. The quantitative estimate of drug-likeness (QED) is 0.740. The first kappa shape index (κ1) is 18.8. The Bertz CT molecular complexity index is 887. The van der Waals surface area contributed by atoms with Crippen LogP contribution in [0.15, 0.2) is 47.4 Å². The maximum absolute atomic E-state index is 11.3. The second kappa shape index (κ2) is 8.01. The lowest BCUT2D eigenvalue weighted by molar-refractivity contribution is 0.328. The minimum atomic E-state index is -3.83. The molecule has 0 amide bonds. The highest BCUT2D eigenvalue weighted by molar-refractivity contribution is 7.89. The van der Waals surface area contributed by atoms with E-state index in [1.165, 1.54) is 18.2 Å². The van der Waals surface area contributed by atoms with Gasteiger partial charge in [0.05, 0.1) is 16.1 Å². The molecule has 0 aromatic heterocycles. The summed E-state index contributed by atoms with van der Waals surface area (Å²) in [6.45, 7) is 5.08. The molecular weight excluding hydrogens is 338 g/mol. The van der Waals surface area contributed by atoms with Gasteiger partial charge in [-0.15, -0.1) is 0 Å². The van der Waals surface area contributed by atoms with Gasteiger partial charge in [-0.2, -0.15) is 5.26 Å². The number of nitrogens with two attached hydrogens (primary N) is 1. The molecule has 7 heteroatoms. The zero-order valence-corrected chi connectivity index (χ0v) is 15.0. The summed E-state index contributed by atoms with van der Waals surface area (Å²) in [6, 6.07) is 14.0. The van der Waals surface area contributed by atoms with Crippen LogP contribution < -0.4 is 15.2 Å².